The molecule has 1 N–H and O–H groups in total. The minimum absolute atomic E-state index is 0.722. The van der Waals surface area contributed by atoms with Gasteiger partial charge in [-0.05, 0) is 12.8 Å². The Morgan fingerprint density at radius 1 is 0.462 bits per heavy atom. The fourth-order valence-corrected chi connectivity index (χ4v) is 6.41. The van der Waals surface area contributed by atoms with Gasteiger partial charge >= 0.3 is 0 Å². The lowest BCUT2D eigenvalue weighted by Gasteiger charge is -2.13. The molecule has 0 fully saturated rings. The van der Waals surface area contributed by atoms with Crippen LogP contribution in [-0.4, -0.2) is 4.98 Å². The minimum atomic E-state index is 0.722. The Morgan fingerprint density at radius 3 is 1.00 bits per heavy atom. The second-order valence-electron chi connectivity index (χ2n) is 12.9. The van der Waals surface area contributed by atoms with E-state index in [1.54, 1.807) is 0 Å². The van der Waals surface area contributed by atoms with E-state index in [2.05, 4.69) is 42.8 Å². The molecule has 0 spiro atoms. The molecule has 0 aliphatic heterocycles. The molecule has 0 bridgehead atoms. The summed E-state index contributed by atoms with van der Waals surface area (Å²) >= 11 is 0. The number of rotatable bonds is 31. The van der Waals surface area contributed by atoms with Crippen molar-refractivity contribution in [3.63, 3.8) is 0 Å². The maximum Gasteiger partial charge on any atom is 0.257 e. The van der Waals surface area contributed by atoms with Gasteiger partial charge in [0.1, 0.15) is 12.4 Å². The molecule has 0 atom stereocenters. The van der Waals surface area contributed by atoms with E-state index >= 15 is 0 Å². The predicted octanol–water partition coefficient (Wildman–Crippen LogP) is 12.7. The van der Waals surface area contributed by atoms with Crippen LogP contribution in [-0.2, 0) is 7.05 Å². The van der Waals surface area contributed by atoms with Crippen LogP contribution in [0, 0.1) is 0 Å². The average Bonchev–Trinajstić information content (AvgIpc) is 3.37. The van der Waals surface area contributed by atoms with E-state index in [9.17, 15) is 0 Å². The Morgan fingerprint density at radius 2 is 0.744 bits per heavy atom. The zero-order valence-corrected chi connectivity index (χ0v) is 27.4. The van der Waals surface area contributed by atoms with Gasteiger partial charge in [-0.2, -0.15) is 0 Å². The first-order chi connectivity index (χ1) is 19.3. The molecule has 0 aliphatic rings. The van der Waals surface area contributed by atoms with Crippen molar-refractivity contribution in [2.24, 2.45) is 7.05 Å². The number of aryl methyl sites for hydroxylation is 1. The van der Waals surface area contributed by atoms with Crippen molar-refractivity contribution in [1.82, 2.24) is 4.98 Å². The van der Waals surface area contributed by atoms with E-state index in [1.807, 2.05) is 0 Å². The maximum absolute atomic E-state index is 3.57. The summed E-state index contributed by atoms with van der Waals surface area (Å²) in [5, 5.41) is 0. The van der Waals surface area contributed by atoms with E-state index in [-0.39, 0.29) is 0 Å². The highest BCUT2D eigenvalue weighted by atomic mass is 15.0. The molecular formula is C37H73N2+. The van der Waals surface area contributed by atoms with Crippen molar-refractivity contribution in [2.45, 2.75) is 212 Å². The lowest BCUT2D eigenvalue weighted by atomic mass is 9.93. The first-order valence-electron chi connectivity index (χ1n) is 18.3. The van der Waals surface area contributed by atoms with Crippen LogP contribution in [0.1, 0.15) is 218 Å². The molecule has 2 heteroatoms. The average molecular weight is 546 g/mol. The first kappa shape index (κ1) is 36.2. The van der Waals surface area contributed by atoms with Gasteiger partial charge in [0.15, 0.2) is 0 Å². The number of aromatic nitrogens is 2. The number of H-pyrrole nitrogens is 1. The number of hydrogen-bond acceptors (Lipinski definition) is 0. The molecular weight excluding hydrogens is 472 g/mol. The summed E-state index contributed by atoms with van der Waals surface area (Å²) < 4.78 is 2.33. The van der Waals surface area contributed by atoms with Gasteiger partial charge in [0, 0.05) is 0 Å². The number of imidazole rings is 1. The van der Waals surface area contributed by atoms with Crippen molar-refractivity contribution in [1.29, 1.82) is 0 Å². The molecule has 1 heterocycles. The van der Waals surface area contributed by atoms with E-state index in [4.69, 9.17) is 0 Å². The normalized spacial score (nSPS) is 11.7. The number of hydrogen-bond donors (Lipinski definition) is 1. The molecule has 2 nitrogen and oxygen atoms in total. The van der Waals surface area contributed by atoms with Crippen LogP contribution in [0.2, 0.25) is 0 Å². The van der Waals surface area contributed by atoms with Gasteiger partial charge in [-0.1, -0.05) is 194 Å². The Balaban J connectivity index is 2.00. The molecule has 0 amide bonds. The lowest BCUT2D eigenvalue weighted by molar-refractivity contribution is -0.679. The van der Waals surface area contributed by atoms with Crippen LogP contribution in [0.25, 0.3) is 0 Å². The van der Waals surface area contributed by atoms with Crippen LogP contribution >= 0.6 is 0 Å². The molecule has 0 radical (unpaired) electrons. The maximum atomic E-state index is 3.57. The third kappa shape index (κ3) is 22.6. The summed E-state index contributed by atoms with van der Waals surface area (Å²) in [5.74, 6) is 2.18. The third-order valence-corrected chi connectivity index (χ3v) is 9.11. The summed E-state index contributed by atoms with van der Waals surface area (Å²) in [7, 11) is 2.22. The SMILES string of the molecule is CCCCCCCCCCCCCCCCC(CCCCCCCCCCCCCCCC)c1[nH]cc[n+]1C. The van der Waals surface area contributed by atoms with Crippen molar-refractivity contribution < 1.29 is 4.57 Å². The van der Waals surface area contributed by atoms with Gasteiger partial charge < -0.3 is 0 Å². The van der Waals surface area contributed by atoms with Crippen LogP contribution in [0.15, 0.2) is 12.4 Å². The van der Waals surface area contributed by atoms with Crippen LogP contribution in [0.5, 0.6) is 0 Å². The fraction of sp³-hybridized carbons (Fsp3) is 0.919. The highest BCUT2D eigenvalue weighted by Crippen LogP contribution is 2.26. The lowest BCUT2D eigenvalue weighted by Crippen LogP contribution is -2.32. The fourth-order valence-electron chi connectivity index (χ4n) is 6.41. The largest absolute Gasteiger partial charge is 0.257 e. The quantitative estimate of drug-likeness (QED) is 0.0707. The van der Waals surface area contributed by atoms with Crippen molar-refractivity contribution in [2.75, 3.05) is 0 Å². The summed E-state index contributed by atoms with van der Waals surface area (Å²) in [6.45, 7) is 4.61. The summed E-state index contributed by atoms with van der Waals surface area (Å²) in [5.41, 5.74) is 0. The molecule has 1 rings (SSSR count). The molecule has 0 aliphatic carbocycles. The highest BCUT2D eigenvalue weighted by Gasteiger charge is 2.20. The van der Waals surface area contributed by atoms with Crippen molar-refractivity contribution in [3.8, 4) is 0 Å². The zero-order chi connectivity index (χ0) is 28.1. The van der Waals surface area contributed by atoms with Gasteiger partial charge in [0.05, 0.1) is 13.0 Å². The Bertz CT molecular complexity index is 560. The summed E-state index contributed by atoms with van der Waals surface area (Å²) in [6, 6.07) is 0. The smallest absolute Gasteiger partial charge is 0.247 e. The molecule has 39 heavy (non-hydrogen) atoms. The van der Waals surface area contributed by atoms with Gasteiger partial charge in [-0.3, -0.25) is 0 Å². The molecule has 0 unspecified atom stereocenters. The van der Waals surface area contributed by atoms with E-state index in [0.717, 1.165) is 5.92 Å². The van der Waals surface area contributed by atoms with Crippen molar-refractivity contribution in [3.05, 3.63) is 18.2 Å². The minimum Gasteiger partial charge on any atom is -0.247 e. The molecule has 1 aromatic rings. The monoisotopic (exact) mass is 546 g/mol. The van der Waals surface area contributed by atoms with Gasteiger partial charge in [-0.15, -0.1) is 0 Å². The number of nitrogens with zero attached hydrogens (tertiary/aromatic N) is 1. The molecule has 0 saturated heterocycles. The summed E-state index contributed by atoms with van der Waals surface area (Å²) in [6.07, 6.45) is 47.6. The standard InChI is InChI=1S/C37H72N2/c1-4-6-8-10-12-14-16-18-20-22-24-26-28-30-32-36(37-38-34-35-39(37)3)33-31-29-27-25-23-21-19-17-15-13-11-9-7-5-2/h34-36H,4-33H2,1-3H3/p+1. The van der Waals surface area contributed by atoms with Gasteiger partial charge in [0.25, 0.3) is 5.82 Å². The van der Waals surface area contributed by atoms with Crippen LogP contribution in [0.4, 0.5) is 0 Å². The van der Waals surface area contributed by atoms with Crippen LogP contribution < -0.4 is 4.57 Å². The van der Waals surface area contributed by atoms with E-state index in [1.165, 1.54) is 198 Å². The first-order valence-corrected chi connectivity index (χ1v) is 18.3. The van der Waals surface area contributed by atoms with Gasteiger partial charge in [-0.25, -0.2) is 9.55 Å². The Hall–Kier alpha value is -0.790. The van der Waals surface area contributed by atoms with E-state index < -0.39 is 0 Å². The van der Waals surface area contributed by atoms with Crippen molar-refractivity contribution >= 4 is 0 Å². The molecule has 0 saturated carbocycles. The second kappa shape index (κ2) is 28.7. The molecule has 1 aromatic heterocycles. The van der Waals surface area contributed by atoms with E-state index in [0.29, 0.717) is 0 Å². The number of nitrogens with one attached hydrogen (secondary N) is 1. The molecule has 0 aromatic carbocycles. The van der Waals surface area contributed by atoms with Crippen LogP contribution in [0.3, 0.4) is 0 Å². The topological polar surface area (TPSA) is 19.7 Å². The molecule has 230 valence electrons. The zero-order valence-electron chi connectivity index (χ0n) is 27.4. The predicted molar refractivity (Wildman–Crippen MR) is 175 cm³/mol. The number of unbranched alkanes of at least 4 members (excludes halogenated alkanes) is 26. The Kier molecular flexibility index (Phi) is 26.7. The Labute approximate surface area is 246 Å². The summed E-state index contributed by atoms with van der Waals surface area (Å²) in [4.78, 5) is 3.57. The van der Waals surface area contributed by atoms with Gasteiger partial charge in [0.2, 0.25) is 0 Å². The highest BCUT2D eigenvalue weighted by molar-refractivity contribution is 4.89. The second-order valence-corrected chi connectivity index (χ2v) is 12.9. The number of aromatic amines is 1. The third-order valence-electron chi connectivity index (χ3n) is 9.11.